The number of halogens is 2. The van der Waals surface area contributed by atoms with Crippen LogP contribution in [0.15, 0.2) is 66.7 Å². The largest absolute Gasteiger partial charge is 0.481 e. The number of hydrogen-bond donors (Lipinski definition) is 1. The lowest BCUT2D eigenvalue weighted by molar-refractivity contribution is -0.137. The fourth-order valence-corrected chi connectivity index (χ4v) is 5.72. The van der Waals surface area contributed by atoms with Crippen LogP contribution in [-0.2, 0) is 11.2 Å². The van der Waals surface area contributed by atoms with Crippen LogP contribution in [0.25, 0.3) is 22.3 Å². The summed E-state index contributed by atoms with van der Waals surface area (Å²) in [5.74, 6) is -0.451. The highest BCUT2D eigenvalue weighted by atomic mass is 35.5. The lowest BCUT2D eigenvalue weighted by Crippen LogP contribution is -2.28. The van der Waals surface area contributed by atoms with Crippen molar-refractivity contribution >= 4 is 46.1 Å². The van der Waals surface area contributed by atoms with Gasteiger partial charge in [-0.1, -0.05) is 60.0 Å². The zero-order valence-electron chi connectivity index (χ0n) is 21.4. The number of carboxylic acids is 1. The van der Waals surface area contributed by atoms with Crippen molar-refractivity contribution in [3.63, 3.8) is 0 Å². The number of aryl methyl sites for hydroxylation is 1. The Labute approximate surface area is 237 Å². The van der Waals surface area contributed by atoms with E-state index in [0.717, 1.165) is 37.1 Å². The summed E-state index contributed by atoms with van der Waals surface area (Å²) in [6.45, 7) is 1.42. The van der Waals surface area contributed by atoms with Crippen molar-refractivity contribution in [3.05, 3.63) is 93.6 Å². The molecule has 0 aliphatic carbocycles. The molecule has 0 saturated carbocycles. The lowest BCUT2D eigenvalue weighted by atomic mass is 9.99. The number of hydrogen-bond acceptors (Lipinski definition) is 4. The van der Waals surface area contributed by atoms with Gasteiger partial charge < -0.3 is 10.0 Å². The van der Waals surface area contributed by atoms with Crippen LogP contribution in [0.2, 0.25) is 10.0 Å². The average molecular weight is 562 g/mol. The zero-order chi connectivity index (χ0) is 27.4. The smallest absolute Gasteiger partial charge is 0.303 e. The molecule has 1 atom stereocenters. The molecule has 0 bridgehead atoms. The van der Waals surface area contributed by atoms with E-state index in [1.807, 2.05) is 53.4 Å². The molecule has 200 valence electrons. The molecule has 8 heteroatoms. The Morgan fingerprint density at radius 1 is 0.897 bits per heavy atom. The van der Waals surface area contributed by atoms with Crippen LogP contribution in [0.1, 0.15) is 59.6 Å². The molecule has 0 radical (unpaired) electrons. The molecule has 39 heavy (non-hydrogen) atoms. The van der Waals surface area contributed by atoms with Gasteiger partial charge >= 0.3 is 5.97 Å². The topological polar surface area (TPSA) is 83.4 Å². The van der Waals surface area contributed by atoms with E-state index in [2.05, 4.69) is 12.1 Å². The Balaban J connectivity index is 1.41. The quantitative estimate of drug-likeness (QED) is 0.215. The van der Waals surface area contributed by atoms with Gasteiger partial charge in [-0.3, -0.25) is 9.59 Å². The monoisotopic (exact) mass is 561 g/mol. The van der Waals surface area contributed by atoms with Crippen LogP contribution in [0.4, 0.5) is 0 Å². The molecule has 1 aromatic heterocycles. The number of carboxylic acid groups (broad SMARTS) is 1. The predicted octanol–water partition coefficient (Wildman–Crippen LogP) is 7.42. The highest BCUT2D eigenvalue weighted by molar-refractivity contribution is 6.35. The Hall–Kier alpha value is -3.48. The van der Waals surface area contributed by atoms with Gasteiger partial charge in [-0.25, -0.2) is 9.97 Å². The number of benzene rings is 3. The number of unbranched alkanes of at least 4 members (excludes halogenated alkanes) is 2. The van der Waals surface area contributed by atoms with E-state index in [9.17, 15) is 9.59 Å². The highest BCUT2D eigenvalue weighted by Crippen LogP contribution is 2.31. The van der Waals surface area contributed by atoms with Gasteiger partial charge in [-0.05, 0) is 67.6 Å². The molecule has 1 unspecified atom stereocenters. The Bertz CT molecular complexity index is 1490. The SMILES string of the molecule is O=C(O)CCCCCc1nc2cc(C(=O)N3CCC(c4ccccc4)C3)ccc2nc1-c1cc(Cl)cc(Cl)c1. The first-order chi connectivity index (χ1) is 18.9. The lowest BCUT2D eigenvalue weighted by Gasteiger charge is -2.17. The standard InChI is InChI=1S/C31H29Cl2N3O3/c32-24-15-23(16-25(33)18-24)30-27(9-5-2-6-10-29(37)38)34-28-17-21(11-12-26(28)35-30)31(39)36-14-13-22(19-36)20-7-3-1-4-8-20/h1,3-4,7-8,11-12,15-18,22H,2,5-6,9-10,13-14,19H2,(H,37,38). The number of carbonyl (C=O) groups excluding carboxylic acids is 1. The summed E-state index contributed by atoms with van der Waals surface area (Å²) in [6, 6.07) is 21.1. The third-order valence-electron chi connectivity index (χ3n) is 7.17. The summed E-state index contributed by atoms with van der Waals surface area (Å²) in [5.41, 5.74) is 5.41. The number of amides is 1. The second-order valence-electron chi connectivity index (χ2n) is 9.98. The minimum Gasteiger partial charge on any atom is -0.481 e. The number of fused-ring (bicyclic) bond motifs is 1. The van der Waals surface area contributed by atoms with E-state index in [1.165, 1.54) is 5.56 Å². The van der Waals surface area contributed by atoms with Crippen LogP contribution in [0.5, 0.6) is 0 Å². The van der Waals surface area contributed by atoms with Crippen molar-refractivity contribution < 1.29 is 14.7 Å². The van der Waals surface area contributed by atoms with E-state index < -0.39 is 5.97 Å². The maximum absolute atomic E-state index is 13.4. The predicted molar refractivity (Wildman–Crippen MR) is 155 cm³/mol. The number of nitrogens with zero attached hydrogens (tertiary/aromatic N) is 3. The zero-order valence-corrected chi connectivity index (χ0v) is 23.0. The Kier molecular flexibility index (Phi) is 8.44. The van der Waals surface area contributed by atoms with Crippen LogP contribution in [0, 0.1) is 0 Å². The number of likely N-dealkylation sites (tertiary alicyclic amines) is 1. The number of aromatic nitrogens is 2. The maximum atomic E-state index is 13.4. The molecule has 0 spiro atoms. The van der Waals surface area contributed by atoms with Gasteiger partial charge in [0.25, 0.3) is 5.91 Å². The second-order valence-corrected chi connectivity index (χ2v) is 10.9. The van der Waals surface area contributed by atoms with Gasteiger partial charge in [0.2, 0.25) is 0 Å². The summed E-state index contributed by atoms with van der Waals surface area (Å²) in [5, 5.41) is 9.95. The molecule has 4 aromatic rings. The van der Waals surface area contributed by atoms with Gasteiger partial charge in [0.15, 0.2) is 0 Å². The molecule has 1 fully saturated rings. The fourth-order valence-electron chi connectivity index (χ4n) is 5.19. The summed E-state index contributed by atoms with van der Waals surface area (Å²) in [7, 11) is 0. The van der Waals surface area contributed by atoms with Crippen molar-refractivity contribution in [2.75, 3.05) is 13.1 Å². The summed E-state index contributed by atoms with van der Waals surface area (Å²) in [6.07, 6.45) is 3.84. The second kappa shape index (κ2) is 12.1. The normalized spacial score (nSPS) is 15.1. The highest BCUT2D eigenvalue weighted by Gasteiger charge is 2.28. The van der Waals surface area contributed by atoms with Crippen molar-refractivity contribution in [1.82, 2.24) is 14.9 Å². The minimum atomic E-state index is -0.792. The molecule has 2 heterocycles. The van der Waals surface area contributed by atoms with E-state index in [4.69, 9.17) is 38.3 Å². The summed E-state index contributed by atoms with van der Waals surface area (Å²) in [4.78, 5) is 36.1. The summed E-state index contributed by atoms with van der Waals surface area (Å²) >= 11 is 12.6. The molecule has 1 saturated heterocycles. The molecule has 3 aromatic carbocycles. The van der Waals surface area contributed by atoms with E-state index >= 15 is 0 Å². The van der Waals surface area contributed by atoms with E-state index in [-0.39, 0.29) is 12.3 Å². The molecule has 6 nitrogen and oxygen atoms in total. The first-order valence-corrected chi connectivity index (χ1v) is 14.0. The molecule has 1 amide bonds. The van der Waals surface area contributed by atoms with Gasteiger partial charge in [-0.15, -0.1) is 0 Å². The number of aliphatic carboxylic acids is 1. The molecular weight excluding hydrogens is 533 g/mol. The first-order valence-electron chi connectivity index (χ1n) is 13.2. The Morgan fingerprint density at radius 2 is 1.67 bits per heavy atom. The fraction of sp³-hybridized carbons (Fsp3) is 0.290. The van der Waals surface area contributed by atoms with Crippen molar-refractivity contribution in [2.45, 2.75) is 44.4 Å². The van der Waals surface area contributed by atoms with Crippen molar-refractivity contribution in [2.24, 2.45) is 0 Å². The molecular formula is C31H29Cl2N3O3. The average Bonchev–Trinajstić information content (AvgIpc) is 3.42. The van der Waals surface area contributed by atoms with E-state index in [0.29, 0.717) is 57.6 Å². The third kappa shape index (κ3) is 6.57. The minimum absolute atomic E-state index is 0.00180. The van der Waals surface area contributed by atoms with Gasteiger partial charge in [0, 0.05) is 46.6 Å². The van der Waals surface area contributed by atoms with Crippen molar-refractivity contribution in [3.8, 4) is 11.3 Å². The van der Waals surface area contributed by atoms with Crippen molar-refractivity contribution in [1.29, 1.82) is 0 Å². The number of rotatable bonds is 9. The molecule has 1 N–H and O–H groups in total. The summed E-state index contributed by atoms with van der Waals surface area (Å²) < 4.78 is 0. The third-order valence-corrected chi connectivity index (χ3v) is 7.61. The Morgan fingerprint density at radius 3 is 2.41 bits per heavy atom. The van der Waals surface area contributed by atoms with Crippen LogP contribution in [-0.4, -0.2) is 44.9 Å². The van der Waals surface area contributed by atoms with Gasteiger partial charge in [0.1, 0.15) is 0 Å². The molecule has 5 rings (SSSR count). The first kappa shape index (κ1) is 27.1. The van der Waals surface area contributed by atoms with Crippen LogP contribution >= 0.6 is 23.2 Å². The molecule has 1 aliphatic heterocycles. The van der Waals surface area contributed by atoms with Crippen LogP contribution < -0.4 is 0 Å². The maximum Gasteiger partial charge on any atom is 0.303 e. The molecule has 1 aliphatic rings. The van der Waals surface area contributed by atoms with Gasteiger partial charge in [0.05, 0.1) is 22.4 Å². The van der Waals surface area contributed by atoms with Crippen LogP contribution in [0.3, 0.4) is 0 Å². The van der Waals surface area contributed by atoms with Gasteiger partial charge in [-0.2, -0.15) is 0 Å². The number of carbonyl (C=O) groups is 2. The van der Waals surface area contributed by atoms with E-state index in [1.54, 1.807) is 6.07 Å².